The molecule has 2 rings (SSSR count). The number of aryl methyl sites for hydroxylation is 1. The molecule has 9 heteroatoms. The Hall–Kier alpha value is -2.34. The van der Waals surface area contributed by atoms with E-state index in [1.54, 1.807) is 19.9 Å². The van der Waals surface area contributed by atoms with Crippen molar-refractivity contribution in [3.63, 3.8) is 0 Å². The molecule has 0 aliphatic heterocycles. The van der Waals surface area contributed by atoms with E-state index in [-0.39, 0.29) is 34.1 Å². The van der Waals surface area contributed by atoms with Crippen LogP contribution in [0.5, 0.6) is 5.75 Å². The van der Waals surface area contributed by atoms with Crippen molar-refractivity contribution in [3.05, 3.63) is 48.8 Å². The normalized spacial score (nSPS) is 11.1. The van der Waals surface area contributed by atoms with E-state index in [1.807, 2.05) is 6.92 Å². The minimum atomic E-state index is -0.718. The molecule has 0 spiro atoms. The van der Waals surface area contributed by atoms with Gasteiger partial charge in [-0.25, -0.2) is 4.79 Å². The molecule has 0 radical (unpaired) electrons. The van der Waals surface area contributed by atoms with Crippen molar-refractivity contribution in [3.8, 4) is 11.8 Å². The zero-order valence-corrected chi connectivity index (χ0v) is 18.4. The van der Waals surface area contributed by atoms with Gasteiger partial charge < -0.3 is 15.2 Å². The molecule has 0 fully saturated rings. The summed E-state index contributed by atoms with van der Waals surface area (Å²) in [5.41, 5.74) is 0.916. The molecule has 1 amide bonds. The summed E-state index contributed by atoms with van der Waals surface area (Å²) >= 11 is 10.4. The highest BCUT2D eigenvalue weighted by Crippen LogP contribution is 2.35. The van der Waals surface area contributed by atoms with Crippen LogP contribution in [0.4, 0.5) is 5.00 Å². The van der Waals surface area contributed by atoms with E-state index in [4.69, 9.17) is 16.3 Å². The smallest absolute Gasteiger partial charge is 0.341 e. The lowest BCUT2D eigenvalue weighted by Crippen LogP contribution is -2.16. The first-order valence-electron chi connectivity index (χ1n) is 8.07. The predicted molar refractivity (Wildman–Crippen MR) is 113 cm³/mol. The van der Waals surface area contributed by atoms with Gasteiger partial charge in [-0.1, -0.05) is 27.5 Å². The molecular formula is C19H16BrClN2O4S. The number of phenols is 1. The van der Waals surface area contributed by atoms with Gasteiger partial charge in [0.1, 0.15) is 22.4 Å². The molecule has 1 heterocycles. The van der Waals surface area contributed by atoms with Gasteiger partial charge >= 0.3 is 5.97 Å². The molecule has 1 aromatic heterocycles. The molecule has 0 bridgehead atoms. The Bertz CT molecular complexity index is 1020. The minimum absolute atomic E-state index is 0.0763. The van der Waals surface area contributed by atoms with E-state index in [0.29, 0.717) is 15.0 Å². The van der Waals surface area contributed by atoms with Crippen LogP contribution in [-0.4, -0.2) is 23.6 Å². The van der Waals surface area contributed by atoms with Crippen molar-refractivity contribution in [1.82, 2.24) is 0 Å². The van der Waals surface area contributed by atoms with Gasteiger partial charge in [0.05, 0.1) is 17.2 Å². The van der Waals surface area contributed by atoms with E-state index < -0.39 is 11.9 Å². The predicted octanol–water partition coefficient (Wildman–Crippen LogP) is 5.21. The number of ether oxygens (including phenoxy) is 1. The summed E-state index contributed by atoms with van der Waals surface area (Å²) in [6.45, 7) is 5.47. The van der Waals surface area contributed by atoms with Crippen LogP contribution in [0.3, 0.4) is 0 Å². The Balaban J connectivity index is 2.40. The van der Waals surface area contributed by atoms with E-state index in [0.717, 1.165) is 4.88 Å². The second-order valence-corrected chi connectivity index (χ2v) is 8.20. The number of halogens is 2. The van der Waals surface area contributed by atoms with Crippen LogP contribution >= 0.6 is 38.9 Å². The van der Waals surface area contributed by atoms with Crippen molar-refractivity contribution >= 4 is 61.8 Å². The van der Waals surface area contributed by atoms with Gasteiger partial charge in [0.15, 0.2) is 0 Å². The van der Waals surface area contributed by atoms with Crippen LogP contribution < -0.4 is 5.32 Å². The molecule has 0 saturated heterocycles. The van der Waals surface area contributed by atoms with Crippen LogP contribution in [0, 0.1) is 25.2 Å². The number of hydrogen-bond donors (Lipinski definition) is 2. The lowest BCUT2D eigenvalue weighted by atomic mass is 10.1. The van der Waals surface area contributed by atoms with E-state index in [9.17, 15) is 20.0 Å². The van der Waals surface area contributed by atoms with Crippen LogP contribution in [0.25, 0.3) is 6.08 Å². The number of carbonyl (C=O) groups excluding carboxylic acids is 2. The maximum atomic E-state index is 12.6. The quantitative estimate of drug-likeness (QED) is 0.345. The van der Waals surface area contributed by atoms with E-state index >= 15 is 0 Å². The fourth-order valence-electron chi connectivity index (χ4n) is 2.33. The Labute approximate surface area is 179 Å². The number of esters is 1. The molecule has 0 aliphatic rings. The summed E-state index contributed by atoms with van der Waals surface area (Å²) in [4.78, 5) is 25.7. The highest BCUT2D eigenvalue weighted by molar-refractivity contribution is 9.10. The number of rotatable bonds is 5. The molecule has 146 valence electrons. The summed E-state index contributed by atoms with van der Waals surface area (Å²) < 4.78 is 5.63. The first-order valence-corrected chi connectivity index (χ1v) is 10.1. The molecule has 0 atom stereocenters. The molecule has 0 unspecified atom stereocenters. The lowest BCUT2D eigenvalue weighted by molar-refractivity contribution is -0.112. The van der Waals surface area contributed by atoms with Gasteiger partial charge in [0.2, 0.25) is 0 Å². The molecule has 28 heavy (non-hydrogen) atoms. The third kappa shape index (κ3) is 4.73. The molecule has 1 aromatic carbocycles. The molecule has 0 saturated carbocycles. The van der Waals surface area contributed by atoms with Crippen LogP contribution in [-0.2, 0) is 9.53 Å². The number of hydrogen-bond acceptors (Lipinski definition) is 6. The van der Waals surface area contributed by atoms with Crippen LogP contribution in [0.15, 0.2) is 22.2 Å². The summed E-state index contributed by atoms with van der Waals surface area (Å²) in [5.74, 6) is -1.51. The Morgan fingerprint density at radius 1 is 1.43 bits per heavy atom. The minimum Gasteiger partial charge on any atom is -0.506 e. The van der Waals surface area contributed by atoms with Gasteiger partial charge in [-0.15, -0.1) is 11.3 Å². The zero-order chi connectivity index (χ0) is 21.0. The van der Waals surface area contributed by atoms with Gasteiger partial charge in [0, 0.05) is 14.9 Å². The first kappa shape index (κ1) is 22.0. The average Bonchev–Trinajstić information content (AvgIpc) is 2.90. The summed E-state index contributed by atoms with van der Waals surface area (Å²) in [6.07, 6.45) is 1.22. The van der Waals surface area contributed by atoms with Gasteiger partial charge in [-0.3, -0.25) is 4.79 Å². The number of thiophene rings is 1. The number of anilines is 1. The van der Waals surface area contributed by atoms with E-state index in [1.165, 1.54) is 29.5 Å². The topological polar surface area (TPSA) is 99.4 Å². The molecule has 0 aliphatic carbocycles. The largest absolute Gasteiger partial charge is 0.506 e. The number of nitriles is 1. The number of carbonyl (C=O) groups is 2. The summed E-state index contributed by atoms with van der Waals surface area (Å²) in [5, 5.41) is 22.4. The van der Waals surface area contributed by atoms with Crippen molar-refractivity contribution in [2.75, 3.05) is 11.9 Å². The summed E-state index contributed by atoms with van der Waals surface area (Å²) in [6, 6.07) is 4.81. The van der Waals surface area contributed by atoms with Crippen molar-refractivity contribution in [2.45, 2.75) is 20.8 Å². The molecule has 2 aromatic rings. The third-order valence-corrected chi connectivity index (χ3v) is 5.68. The maximum absolute atomic E-state index is 12.6. The van der Waals surface area contributed by atoms with Crippen LogP contribution in [0.1, 0.15) is 33.3 Å². The third-order valence-electron chi connectivity index (χ3n) is 3.81. The lowest BCUT2D eigenvalue weighted by Gasteiger charge is -2.07. The summed E-state index contributed by atoms with van der Waals surface area (Å²) in [7, 11) is 0. The second kappa shape index (κ2) is 9.24. The monoisotopic (exact) mass is 482 g/mol. The maximum Gasteiger partial charge on any atom is 0.341 e. The van der Waals surface area contributed by atoms with E-state index in [2.05, 4.69) is 21.2 Å². The SMILES string of the molecule is CCOC(=O)c1c(NC(=O)/C(C#N)=C/c2cc(Br)cc(Cl)c2O)sc(C)c1C. The number of benzene rings is 1. The highest BCUT2D eigenvalue weighted by Gasteiger charge is 2.23. The van der Waals surface area contributed by atoms with Crippen LogP contribution in [0.2, 0.25) is 5.02 Å². The Morgan fingerprint density at radius 3 is 2.71 bits per heavy atom. The fraction of sp³-hybridized carbons (Fsp3) is 0.211. The number of amides is 1. The number of nitrogens with zero attached hydrogens (tertiary/aromatic N) is 1. The van der Waals surface area contributed by atoms with Crippen molar-refractivity contribution in [1.29, 1.82) is 5.26 Å². The fourth-order valence-corrected chi connectivity index (χ4v) is 4.21. The Morgan fingerprint density at radius 2 is 2.11 bits per heavy atom. The second-order valence-electron chi connectivity index (χ2n) is 5.66. The number of phenolic OH excluding ortho intramolecular Hbond substituents is 1. The van der Waals surface area contributed by atoms with Gasteiger partial charge in [-0.05, 0) is 44.5 Å². The highest BCUT2D eigenvalue weighted by atomic mass is 79.9. The van der Waals surface area contributed by atoms with Gasteiger partial charge in [-0.2, -0.15) is 5.26 Å². The first-order chi connectivity index (χ1) is 13.2. The Kier molecular flexibility index (Phi) is 7.24. The van der Waals surface area contributed by atoms with Crippen molar-refractivity contribution < 1.29 is 19.4 Å². The molecular weight excluding hydrogens is 468 g/mol. The molecule has 6 nitrogen and oxygen atoms in total. The number of aromatic hydroxyl groups is 1. The molecule has 2 N–H and O–H groups in total. The zero-order valence-electron chi connectivity index (χ0n) is 15.2. The standard InChI is InChI=1S/C19H16BrClN2O4S/c1-4-27-19(26)15-9(2)10(3)28-18(15)23-17(25)12(8-22)5-11-6-13(20)7-14(21)16(11)24/h5-7,24H,4H2,1-3H3,(H,23,25)/b12-5+. The average molecular weight is 484 g/mol. The number of nitrogens with one attached hydrogen (secondary N) is 1. The van der Waals surface area contributed by atoms with Crippen molar-refractivity contribution in [2.24, 2.45) is 0 Å². The van der Waals surface area contributed by atoms with Gasteiger partial charge in [0.25, 0.3) is 5.91 Å².